The highest BCUT2D eigenvalue weighted by molar-refractivity contribution is 7.99. The average Bonchev–Trinajstić information content (AvgIpc) is 2.29. The molecule has 17 heavy (non-hydrogen) atoms. The second-order valence-electron chi connectivity index (χ2n) is 3.46. The van der Waals surface area contributed by atoms with Gasteiger partial charge in [0.05, 0.1) is 0 Å². The summed E-state index contributed by atoms with van der Waals surface area (Å²) in [5, 5.41) is 0.783. The zero-order chi connectivity index (χ0) is 12.3. The summed E-state index contributed by atoms with van der Waals surface area (Å²) in [6, 6.07) is 6.40. The van der Waals surface area contributed by atoms with Crippen LogP contribution in [0.25, 0.3) is 0 Å². The molecule has 0 bridgehead atoms. The number of benzene rings is 1. The zero-order valence-electron chi connectivity index (χ0n) is 9.35. The molecule has 0 fully saturated rings. The van der Waals surface area contributed by atoms with Crippen LogP contribution in [0.3, 0.4) is 0 Å². The van der Waals surface area contributed by atoms with Crippen LogP contribution in [0.4, 0.5) is 10.2 Å². The number of nitrogens with two attached hydrogens (primary N) is 1. The predicted octanol–water partition coefficient (Wildman–Crippen LogP) is 2.91. The first-order chi connectivity index (χ1) is 8.20. The topological polar surface area (TPSA) is 51.8 Å². The Kier molecular flexibility index (Phi) is 3.58. The molecule has 2 rings (SSSR count). The van der Waals surface area contributed by atoms with E-state index in [0.29, 0.717) is 5.82 Å². The molecule has 2 N–H and O–H groups in total. The summed E-state index contributed by atoms with van der Waals surface area (Å²) in [5.41, 5.74) is 6.68. The fourth-order valence-electron chi connectivity index (χ4n) is 1.47. The van der Waals surface area contributed by atoms with Crippen LogP contribution in [0, 0.1) is 5.82 Å². The fraction of sp³-hybridized carbons (Fsp3) is 0.167. The van der Waals surface area contributed by atoms with Crippen molar-refractivity contribution in [1.29, 1.82) is 0 Å². The molecule has 1 aromatic carbocycles. The zero-order valence-corrected chi connectivity index (χ0v) is 10.2. The van der Waals surface area contributed by atoms with Gasteiger partial charge in [0.1, 0.15) is 23.0 Å². The Hall–Kier alpha value is -1.62. The predicted molar refractivity (Wildman–Crippen MR) is 66.3 cm³/mol. The number of hydrogen-bond donors (Lipinski definition) is 1. The van der Waals surface area contributed by atoms with Crippen LogP contribution in [0.5, 0.6) is 0 Å². The van der Waals surface area contributed by atoms with Gasteiger partial charge in [0.25, 0.3) is 0 Å². The SMILES string of the molecule is CCc1c(N)ncnc1Sc1cccc(F)c1. The van der Waals surface area contributed by atoms with Gasteiger partial charge in [-0.05, 0) is 24.6 Å². The van der Waals surface area contributed by atoms with Crippen molar-refractivity contribution < 1.29 is 4.39 Å². The van der Waals surface area contributed by atoms with E-state index >= 15 is 0 Å². The van der Waals surface area contributed by atoms with Crippen molar-refractivity contribution in [2.24, 2.45) is 0 Å². The maximum absolute atomic E-state index is 13.1. The number of anilines is 1. The lowest BCUT2D eigenvalue weighted by molar-refractivity contribution is 0.624. The maximum Gasteiger partial charge on any atom is 0.131 e. The second-order valence-corrected chi connectivity index (χ2v) is 4.52. The standard InChI is InChI=1S/C12H12FN3S/c1-2-10-11(14)15-7-16-12(10)17-9-5-3-4-8(13)6-9/h3-7H,2H2,1H3,(H2,14,15,16). The summed E-state index contributed by atoms with van der Waals surface area (Å²) in [4.78, 5) is 8.94. The van der Waals surface area contributed by atoms with Gasteiger partial charge < -0.3 is 5.73 Å². The van der Waals surface area contributed by atoms with Crippen LogP contribution in [0.1, 0.15) is 12.5 Å². The summed E-state index contributed by atoms with van der Waals surface area (Å²) in [7, 11) is 0. The van der Waals surface area contributed by atoms with E-state index < -0.39 is 0 Å². The quantitative estimate of drug-likeness (QED) is 0.850. The lowest BCUT2D eigenvalue weighted by Crippen LogP contribution is -2.00. The van der Waals surface area contributed by atoms with Crippen LogP contribution in [-0.4, -0.2) is 9.97 Å². The molecule has 0 radical (unpaired) electrons. The number of hydrogen-bond acceptors (Lipinski definition) is 4. The molecule has 2 aromatic rings. The van der Waals surface area contributed by atoms with Gasteiger partial charge in [-0.2, -0.15) is 0 Å². The van der Waals surface area contributed by atoms with E-state index in [-0.39, 0.29) is 5.82 Å². The Morgan fingerprint density at radius 2 is 2.18 bits per heavy atom. The first kappa shape index (κ1) is 11.9. The van der Waals surface area contributed by atoms with Gasteiger partial charge in [-0.3, -0.25) is 0 Å². The molecule has 0 spiro atoms. The first-order valence-corrected chi connectivity index (χ1v) is 6.05. The van der Waals surface area contributed by atoms with Gasteiger partial charge in [0.2, 0.25) is 0 Å². The number of nitrogens with zero attached hydrogens (tertiary/aromatic N) is 2. The first-order valence-electron chi connectivity index (χ1n) is 5.23. The molecular weight excluding hydrogens is 237 g/mol. The van der Waals surface area contributed by atoms with Gasteiger partial charge in [-0.25, -0.2) is 14.4 Å². The summed E-state index contributed by atoms with van der Waals surface area (Å²) in [6.07, 6.45) is 2.18. The second kappa shape index (κ2) is 5.14. The highest BCUT2D eigenvalue weighted by atomic mass is 32.2. The third-order valence-electron chi connectivity index (χ3n) is 2.30. The van der Waals surface area contributed by atoms with E-state index in [1.807, 2.05) is 13.0 Å². The Labute approximate surface area is 103 Å². The molecule has 0 saturated carbocycles. The normalized spacial score (nSPS) is 10.5. The minimum atomic E-state index is -0.255. The minimum Gasteiger partial charge on any atom is -0.383 e. The summed E-state index contributed by atoms with van der Waals surface area (Å²) >= 11 is 1.40. The number of halogens is 1. The van der Waals surface area contributed by atoms with Gasteiger partial charge in [-0.15, -0.1) is 0 Å². The molecule has 0 aliphatic heterocycles. The largest absolute Gasteiger partial charge is 0.383 e. The molecule has 0 saturated heterocycles. The molecule has 3 nitrogen and oxygen atoms in total. The third kappa shape index (κ3) is 2.74. The van der Waals surface area contributed by atoms with Crippen molar-refractivity contribution in [3.63, 3.8) is 0 Å². The third-order valence-corrected chi connectivity index (χ3v) is 3.34. The molecule has 0 unspecified atom stereocenters. The van der Waals surface area contributed by atoms with Crippen molar-refractivity contribution in [1.82, 2.24) is 9.97 Å². The van der Waals surface area contributed by atoms with Gasteiger partial charge in [-0.1, -0.05) is 24.8 Å². The molecule has 1 aromatic heterocycles. The van der Waals surface area contributed by atoms with Crippen molar-refractivity contribution in [2.75, 3.05) is 5.73 Å². The number of aromatic nitrogens is 2. The van der Waals surface area contributed by atoms with Crippen LogP contribution in [-0.2, 0) is 6.42 Å². The highest BCUT2D eigenvalue weighted by Gasteiger charge is 2.09. The van der Waals surface area contributed by atoms with Gasteiger partial charge >= 0.3 is 0 Å². The Bertz CT molecular complexity index is 531. The van der Waals surface area contributed by atoms with E-state index in [4.69, 9.17) is 5.73 Å². The summed E-state index contributed by atoms with van der Waals surface area (Å²) in [5.74, 6) is 0.233. The van der Waals surface area contributed by atoms with Crippen LogP contribution in [0.2, 0.25) is 0 Å². The van der Waals surface area contributed by atoms with Crippen LogP contribution < -0.4 is 5.73 Å². The van der Waals surface area contributed by atoms with Crippen molar-refractivity contribution in [3.05, 3.63) is 42.0 Å². The molecule has 0 aliphatic rings. The van der Waals surface area contributed by atoms with Crippen LogP contribution >= 0.6 is 11.8 Å². The van der Waals surface area contributed by atoms with Gasteiger partial charge in [0, 0.05) is 10.5 Å². The van der Waals surface area contributed by atoms with E-state index in [1.54, 1.807) is 6.07 Å². The monoisotopic (exact) mass is 249 g/mol. The number of nitrogen functional groups attached to an aromatic ring is 1. The molecule has 5 heteroatoms. The average molecular weight is 249 g/mol. The lowest BCUT2D eigenvalue weighted by Gasteiger charge is -2.07. The van der Waals surface area contributed by atoms with Crippen molar-refractivity contribution in [3.8, 4) is 0 Å². The molecule has 88 valence electrons. The highest BCUT2D eigenvalue weighted by Crippen LogP contribution is 2.30. The van der Waals surface area contributed by atoms with Crippen molar-refractivity contribution in [2.45, 2.75) is 23.3 Å². The smallest absolute Gasteiger partial charge is 0.131 e. The maximum atomic E-state index is 13.1. The Morgan fingerprint density at radius 3 is 2.88 bits per heavy atom. The van der Waals surface area contributed by atoms with E-state index in [2.05, 4.69) is 9.97 Å². The lowest BCUT2D eigenvalue weighted by atomic mass is 10.2. The van der Waals surface area contributed by atoms with E-state index in [9.17, 15) is 4.39 Å². The molecular formula is C12H12FN3S. The summed E-state index contributed by atoms with van der Waals surface area (Å²) < 4.78 is 13.1. The van der Waals surface area contributed by atoms with E-state index in [0.717, 1.165) is 21.9 Å². The minimum absolute atomic E-state index is 0.255. The van der Waals surface area contributed by atoms with Crippen LogP contribution in [0.15, 0.2) is 40.5 Å². The fourth-order valence-corrected chi connectivity index (χ4v) is 2.48. The number of rotatable bonds is 3. The Balaban J connectivity index is 2.33. The molecule has 0 aliphatic carbocycles. The van der Waals surface area contributed by atoms with Crippen molar-refractivity contribution >= 4 is 17.6 Å². The molecule has 0 atom stereocenters. The van der Waals surface area contributed by atoms with E-state index in [1.165, 1.54) is 30.2 Å². The Morgan fingerprint density at radius 1 is 1.35 bits per heavy atom. The molecule has 1 heterocycles. The van der Waals surface area contributed by atoms with Gasteiger partial charge in [0.15, 0.2) is 0 Å². The summed E-state index contributed by atoms with van der Waals surface area (Å²) in [6.45, 7) is 1.99. The molecule has 0 amide bonds.